The van der Waals surface area contributed by atoms with Gasteiger partial charge in [-0.25, -0.2) is 0 Å². The van der Waals surface area contributed by atoms with Gasteiger partial charge in [-0.2, -0.15) is 4.98 Å². The lowest BCUT2D eigenvalue weighted by Gasteiger charge is -2.30. The van der Waals surface area contributed by atoms with E-state index in [-0.39, 0.29) is 0 Å². The average Bonchev–Trinajstić information content (AvgIpc) is 3.27. The average molecular weight is 424 g/mol. The van der Waals surface area contributed by atoms with Gasteiger partial charge in [0.2, 0.25) is 11.7 Å². The van der Waals surface area contributed by atoms with Gasteiger partial charge in [0.15, 0.2) is 11.5 Å². The van der Waals surface area contributed by atoms with Gasteiger partial charge in [0.05, 0.1) is 20.8 Å². The molecule has 0 spiro atoms. The normalized spacial score (nSPS) is 15.2. The predicted octanol–water partition coefficient (Wildman–Crippen LogP) is 4.30. The Morgan fingerprint density at radius 3 is 2.48 bits per heavy atom. The Labute approximate surface area is 182 Å². The molecule has 0 bridgehead atoms. The molecule has 0 aliphatic carbocycles. The predicted molar refractivity (Wildman–Crippen MR) is 117 cm³/mol. The van der Waals surface area contributed by atoms with Crippen molar-refractivity contribution < 1.29 is 19.1 Å². The molecule has 1 aromatic heterocycles. The van der Waals surface area contributed by atoms with E-state index in [2.05, 4.69) is 15.0 Å². The summed E-state index contributed by atoms with van der Waals surface area (Å²) in [6, 6.07) is 13.1. The number of benzene rings is 2. The number of hydrogen-bond donors (Lipinski definition) is 1. The van der Waals surface area contributed by atoms with E-state index in [1.54, 1.807) is 26.4 Å². The summed E-state index contributed by atoms with van der Waals surface area (Å²) in [6.07, 6.45) is 4.59. The highest BCUT2D eigenvalue weighted by Gasteiger charge is 2.21. The van der Waals surface area contributed by atoms with Gasteiger partial charge in [0.1, 0.15) is 5.75 Å². The van der Waals surface area contributed by atoms with Crippen molar-refractivity contribution in [3.63, 3.8) is 0 Å². The van der Waals surface area contributed by atoms with Crippen molar-refractivity contribution >= 4 is 0 Å². The van der Waals surface area contributed by atoms with Crippen LogP contribution < -0.4 is 9.47 Å². The van der Waals surface area contributed by atoms with Crippen molar-refractivity contribution in [2.75, 3.05) is 27.3 Å². The molecule has 0 unspecified atom stereocenters. The summed E-state index contributed by atoms with van der Waals surface area (Å²) >= 11 is 0. The lowest BCUT2D eigenvalue weighted by Crippen LogP contribution is -2.33. The van der Waals surface area contributed by atoms with E-state index in [9.17, 15) is 5.11 Å². The van der Waals surface area contributed by atoms with Crippen LogP contribution in [0, 0.1) is 5.92 Å². The van der Waals surface area contributed by atoms with E-state index in [0.717, 1.165) is 31.0 Å². The number of hydrogen-bond acceptors (Lipinski definition) is 7. The first kappa shape index (κ1) is 21.2. The summed E-state index contributed by atoms with van der Waals surface area (Å²) in [5, 5.41) is 13.5. The molecular formula is C24H29N3O4. The number of aromatic nitrogens is 2. The van der Waals surface area contributed by atoms with Gasteiger partial charge >= 0.3 is 0 Å². The highest BCUT2D eigenvalue weighted by atomic mass is 16.5. The first-order valence-electron chi connectivity index (χ1n) is 10.7. The molecule has 0 saturated carbocycles. The number of piperidine rings is 1. The molecule has 31 heavy (non-hydrogen) atoms. The minimum absolute atomic E-state index is 0.326. The molecule has 0 atom stereocenters. The number of phenolic OH excluding ortho intramolecular Hbond substituents is 1. The monoisotopic (exact) mass is 423 g/mol. The van der Waals surface area contributed by atoms with Crippen LogP contribution in [0.25, 0.3) is 11.4 Å². The Bertz CT molecular complexity index is 979. The summed E-state index contributed by atoms with van der Waals surface area (Å²) in [5.74, 6) is 3.55. The molecule has 7 nitrogen and oxygen atoms in total. The number of aryl methyl sites for hydroxylation is 1. The highest BCUT2D eigenvalue weighted by molar-refractivity contribution is 5.60. The molecule has 0 radical (unpaired) electrons. The Morgan fingerprint density at radius 1 is 1.03 bits per heavy atom. The SMILES string of the molecule is COc1ccc(-c2noc(CN3CCC(CCc4ccc(O)cc4)CC3)n2)cc1OC. The molecule has 1 aliphatic rings. The second kappa shape index (κ2) is 9.83. The van der Waals surface area contributed by atoms with Crippen LogP contribution >= 0.6 is 0 Å². The van der Waals surface area contributed by atoms with Crippen molar-refractivity contribution in [3.05, 3.63) is 53.9 Å². The summed E-state index contributed by atoms with van der Waals surface area (Å²) in [7, 11) is 3.22. The van der Waals surface area contributed by atoms with Crippen LogP contribution in [0.1, 0.15) is 30.7 Å². The van der Waals surface area contributed by atoms with Crippen molar-refractivity contribution in [3.8, 4) is 28.6 Å². The molecule has 1 N–H and O–H groups in total. The maximum atomic E-state index is 9.40. The van der Waals surface area contributed by atoms with E-state index in [1.807, 2.05) is 30.3 Å². The van der Waals surface area contributed by atoms with E-state index in [1.165, 1.54) is 24.8 Å². The molecule has 3 aromatic rings. The molecule has 0 amide bonds. The van der Waals surface area contributed by atoms with Gasteiger partial charge in [0, 0.05) is 5.56 Å². The molecule has 1 saturated heterocycles. The number of rotatable bonds is 8. The fourth-order valence-corrected chi connectivity index (χ4v) is 4.07. The zero-order chi connectivity index (χ0) is 21.6. The van der Waals surface area contributed by atoms with Gasteiger partial charge in [-0.3, -0.25) is 4.90 Å². The molecule has 7 heteroatoms. The zero-order valence-corrected chi connectivity index (χ0v) is 18.1. The Morgan fingerprint density at radius 2 is 1.77 bits per heavy atom. The fraction of sp³-hybridized carbons (Fsp3) is 0.417. The molecular weight excluding hydrogens is 394 g/mol. The molecule has 2 aromatic carbocycles. The van der Waals surface area contributed by atoms with Crippen LogP contribution in [-0.2, 0) is 13.0 Å². The Kier molecular flexibility index (Phi) is 6.72. The molecule has 164 valence electrons. The van der Waals surface area contributed by atoms with Gasteiger partial charge in [0.25, 0.3) is 0 Å². The summed E-state index contributed by atoms with van der Waals surface area (Å²) in [4.78, 5) is 6.95. The van der Waals surface area contributed by atoms with Crippen LogP contribution in [0.15, 0.2) is 47.0 Å². The molecule has 1 aliphatic heterocycles. The van der Waals surface area contributed by atoms with Crippen molar-refractivity contribution in [1.82, 2.24) is 15.0 Å². The number of aromatic hydroxyl groups is 1. The topological polar surface area (TPSA) is 80.9 Å². The maximum Gasteiger partial charge on any atom is 0.241 e. The molecule has 2 heterocycles. The van der Waals surface area contributed by atoms with Crippen LogP contribution in [0.2, 0.25) is 0 Å². The lowest BCUT2D eigenvalue weighted by molar-refractivity contribution is 0.155. The molecule has 4 rings (SSSR count). The van der Waals surface area contributed by atoms with Gasteiger partial charge in [-0.15, -0.1) is 0 Å². The number of likely N-dealkylation sites (tertiary alicyclic amines) is 1. The number of ether oxygens (including phenoxy) is 2. The standard InChI is InChI=1S/C24H29N3O4/c1-29-21-10-7-19(15-22(21)30-2)24-25-23(31-26-24)16-27-13-11-18(12-14-27)4-3-17-5-8-20(28)9-6-17/h5-10,15,18,28H,3-4,11-14,16H2,1-2H3. The highest BCUT2D eigenvalue weighted by Crippen LogP contribution is 2.31. The van der Waals surface area contributed by atoms with E-state index in [4.69, 9.17) is 14.0 Å². The Balaban J connectivity index is 1.27. The third-order valence-corrected chi connectivity index (χ3v) is 5.95. The van der Waals surface area contributed by atoms with Gasteiger partial charge < -0.3 is 19.1 Å². The lowest BCUT2D eigenvalue weighted by atomic mass is 9.90. The van der Waals surface area contributed by atoms with Crippen LogP contribution in [0.5, 0.6) is 17.2 Å². The first-order chi connectivity index (χ1) is 15.1. The van der Waals surface area contributed by atoms with Crippen LogP contribution in [-0.4, -0.2) is 47.5 Å². The number of methoxy groups -OCH3 is 2. The second-order valence-electron chi connectivity index (χ2n) is 8.01. The summed E-state index contributed by atoms with van der Waals surface area (Å²) < 4.78 is 16.1. The Hall–Kier alpha value is -3.06. The fourth-order valence-electron chi connectivity index (χ4n) is 4.07. The van der Waals surface area contributed by atoms with Gasteiger partial charge in [-0.1, -0.05) is 17.3 Å². The van der Waals surface area contributed by atoms with E-state index < -0.39 is 0 Å². The molecule has 1 fully saturated rings. The smallest absolute Gasteiger partial charge is 0.241 e. The minimum Gasteiger partial charge on any atom is -0.508 e. The van der Waals surface area contributed by atoms with Crippen LogP contribution in [0.3, 0.4) is 0 Å². The zero-order valence-electron chi connectivity index (χ0n) is 18.1. The number of nitrogens with zero attached hydrogens (tertiary/aromatic N) is 3. The van der Waals surface area contributed by atoms with Crippen molar-refractivity contribution in [1.29, 1.82) is 0 Å². The first-order valence-corrected chi connectivity index (χ1v) is 10.7. The quantitative estimate of drug-likeness (QED) is 0.578. The third-order valence-electron chi connectivity index (χ3n) is 5.95. The summed E-state index contributed by atoms with van der Waals surface area (Å²) in [5.41, 5.74) is 2.12. The van der Waals surface area contributed by atoms with Crippen LogP contribution in [0.4, 0.5) is 0 Å². The summed E-state index contributed by atoms with van der Waals surface area (Å²) in [6.45, 7) is 2.74. The van der Waals surface area contributed by atoms with E-state index >= 15 is 0 Å². The van der Waals surface area contributed by atoms with Gasteiger partial charge in [-0.05, 0) is 80.6 Å². The minimum atomic E-state index is 0.326. The third kappa shape index (κ3) is 5.35. The largest absolute Gasteiger partial charge is 0.508 e. The second-order valence-corrected chi connectivity index (χ2v) is 8.01. The maximum absolute atomic E-state index is 9.40. The number of phenols is 1. The van der Waals surface area contributed by atoms with Crippen molar-refractivity contribution in [2.24, 2.45) is 5.92 Å². The van der Waals surface area contributed by atoms with E-state index in [0.29, 0.717) is 35.5 Å². The van der Waals surface area contributed by atoms with Crippen molar-refractivity contribution in [2.45, 2.75) is 32.2 Å².